The summed E-state index contributed by atoms with van der Waals surface area (Å²) in [6.45, 7) is 0. The molecule has 0 saturated carbocycles. The molecule has 7 heteroatoms. The zero-order chi connectivity index (χ0) is 16.6. The van der Waals surface area contributed by atoms with Crippen LogP contribution in [-0.4, -0.2) is 43.4 Å². The summed E-state index contributed by atoms with van der Waals surface area (Å²) in [6.07, 6.45) is 0.688. The predicted octanol–water partition coefficient (Wildman–Crippen LogP) is 1.52. The Bertz CT molecular complexity index is 631. The molecule has 0 unspecified atom stereocenters. The fourth-order valence-corrected chi connectivity index (χ4v) is 3.45. The standard InChI is InChI=1S/C16H19NO6/c1-21-8-3-4-10(22-2)9(7-8)17-15(18)13-11-5-6-12(23-11)14(13)16(19)20/h3-4,7,11-14H,5-6H2,1-2H3,(H,17,18)(H,19,20)/t11-,12-,13+,14-/m0/s1. The second kappa shape index (κ2) is 6.08. The van der Waals surface area contributed by atoms with Gasteiger partial charge in [-0.05, 0) is 25.0 Å². The number of aliphatic carboxylic acids is 1. The number of methoxy groups -OCH3 is 2. The summed E-state index contributed by atoms with van der Waals surface area (Å²) in [4.78, 5) is 24.1. The highest BCUT2D eigenvalue weighted by atomic mass is 16.5. The Balaban J connectivity index is 1.83. The third-order valence-corrected chi connectivity index (χ3v) is 4.53. The van der Waals surface area contributed by atoms with Crippen LogP contribution in [0, 0.1) is 11.8 Å². The van der Waals surface area contributed by atoms with Crippen molar-refractivity contribution in [2.24, 2.45) is 11.8 Å². The van der Waals surface area contributed by atoms with E-state index in [1.807, 2.05) is 0 Å². The highest BCUT2D eigenvalue weighted by Crippen LogP contribution is 2.44. The van der Waals surface area contributed by atoms with Crippen LogP contribution in [-0.2, 0) is 14.3 Å². The van der Waals surface area contributed by atoms with Gasteiger partial charge in [0.15, 0.2) is 0 Å². The van der Waals surface area contributed by atoms with E-state index in [9.17, 15) is 14.7 Å². The van der Waals surface area contributed by atoms with Gasteiger partial charge >= 0.3 is 5.97 Å². The molecule has 0 radical (unpaired) electrons. The topological polar surface area (TPSA) is 94.1 Å². The summed E-state index contributed by atoms with van der Waals surface area (Å²) in [5.74, 6) is -1.80. The van der Waals surface area contributed by atoms with Crippen LogP contribution in [0.4, 0.5) is 5.69 Å². The molecule has 1 aromatic carbocycles. The Hall–Kier alpha value is -2.28. The van der Waals surface area contributed by atoms with Gasteiger partial charge in [0.1, 0.15) is 11.5 Å². The molecule has 2 bridgehead atoms. The summed E-state index contributed by atoms with van der Waals surface area (Å²) >= 11 is 0. The first-order chi connectivity index (χ1) is 11.0. The maximum atomic E-state index is 12.6. The van der Waals surface area contributed by atoms with Gasteiger partial charge in [0.05, 0.1) is 44.0 Å². The lowest BCUT2D eigenvalue weighted by molar-refractivity contribution is -0.147. The van der Waals surface area contributed by atoms with Crippen molar-refractivity contribution in [2.45, 2.75) is 25.0 Å². The summed E-state index contributed by atoms with van der Waals surface area (Å²) in [7, 11) is 3.02. The minimum absolute atomic E-state index is 0.335. The summed E-state index contributed by atoms with van der Waals surface area (Å²) in [6, 6.07) is 5.04. The van der Waals surface area contributed by atoms with Gasteiger partial charge in [0.2, 0.25) is 5.91 Å². The van der Waals surface area contributed by atoms with Crippen LogP contribution in [0.5, 0.6) is 11.5 Å². The van der Waals surface area contributed by atoms with Crippen molar-refractivity contribution in [1.29, 1.82) is 0 Å². The first kappa shape index (κ1) is 15.6. The number of hydrogen-bond acceptors (Lipinski definition) is 5. The maximum absolute atomic E-state index is 12.6. The Morgan fingerprint density at radius 2 is 1.87 bits per heavy atom. The molecule has 2 N–H and O–H groups in total. The number of nitrogens with one attached hydrogen (secondary N) is 1. The van der Waals surface area contributed by atoms with Crippen LogP contribution in [0.15, 0.2) is 18.2 Å². The van der Waals surface area contributed by atoms with Gasteiger partial charge in [0.25, 0.3) is 0 Å². The first-order valence-electron chi connectivity index (χ1n) is 7.46. The quantitative estimate of drug-likeness (QED) is 0.854. The second-order valence-corrected chi connectivity index (χ2v) is 5.74. The summed E-state index contributed by atoms with van der Waals surface area (Å²) < 4.78 is 16.0. The van der Waals surface area contributed by atoms with Gasteiger partial charge in [-0.15, -0.1) is 0 Å². The van der Waals surface area contributed by atoms with E-state index in [1.165, 1.54) is 14.2 Å². The number of ether oxygens (including phenoxy) is 3. The largest absolute Gasteiger partial charge is 0.497 e. The molecule has 2 aliphatic heterocycles. The fraction of sp³-hybridized carbons (Fsp3) is 0.500. The van der Waals surface area contributed by atoms with Crippen LogP contribution in [0.3, 0.4) is 0 Å². The number of carboxylic acid groups (broad SMARTS) is 1. The smallest absolute Gasteiger partial charge is 0.310 e. The van der Waals surface area contributed by atoms with Crippen molar-refractivity contribution in [3.8, 4) is 11.5 Å². The summed E-state index contributed by atoms with van der Waals surface area (Å²) in [5, 5.41) is 12.2. The van der Waals surface area contributed by atoms with E-state index in [4.69, 9.17) is 14.2 Å². The molecule has 7 nitrogen and oxygen atoms in total. The molecule has 2 saturated heterocycles. The molecule has 1 aromatic rings. The Kier molecular flexibility index (Phi) is 4.12. The van der Waals surface area contributed by atoms with E-state index >= 15 is 0 Å². The van der Waals surface area contributed by atoms with E-state index in [0.717, 1.165) is 0 Å². The molecule has 2 aliphatic rings. The van der Waals surface area contributed by atoms with E-state index in [1.54, 1.807) is 18.2 Å². The predicted molar refractivity (Wildman–Crippen MR) is 80.7 cm³/mol. The van der Waals surface area contributed by atoms with Crippen LogP contribution >= 0.6 is 0 Å². The molecule has 4 atom stereocenters. The minimum Gasteiger partial charge on any atom is -0.497 e. The molecule has 1 amide bonds. The van der Waals surface area contributed by atoms with E-state index in [2.05, 4.69) is 5.32 Å². The third-order valence-electron chi connectivity index (χ3n) is 4.53. The van der Waals surface area contributed by atoms with Crippen molar-refractivity contribution in [3.05, 3.63) is 18.2 Å². The van der Waals surface area contributed by atoms with E-state index < -0.39 is 17.8 Å². The second-order valence-electron chi connectivity index (χ2n) is 5.74. The Morgan fingerprint density at radius 1 is 1.17 bits per heavy atom. The molecule has 2 heterocycles. The lowest BCUT2D eigenvalue weighted by atomic mass is 9.78. The first-order valence-corrected chi connectivity index (χ1v) is 7.46. The van der Waals surface area contributed by atoms with Crippen molar-refractivity contribution < 1.29 is 28.9 Å². The number of hydrogen-bond donors (Lipinski definition) is 2. The van der Waals surface area contributed by atoms with Gasteiger partial charge in [-0.2, -0.15) is 0 Å². The Morgan fingerprint density at radius 3 is 2.48 bits per heavy atom. The molecule has 124 valence electrons. The van der Waals surface area contributed by atoms with Crippen molar-refractivity contribution in [1.82, 2.24) is 0 Å². The average molecular weight is 321 g/mol. The molecule has 2 fully saturated rings. The molecule has 3 rings (SSSR count). The third kappa shape index (κ3) is 2.72. The van der Waals surface area contributed by atoms with Crippen LogP contribution in [0.1, 0.15) is 12.8 Å². The normalized spacial score (nSPS) is 28.4. The highest BCUT2D eigenvalue weighted by molar-refractivity contribution is 5.97. The summed E-state index contributed by atoms with van der Waals surface area (Å²) in [5.41, 5.74) is 0.448. The van der Waals surface area contributed by atoms with Gasteiger partial charge in [-0.3, -0.25) is 9.59 Å². The number of carboxylic acids is 1. The van der Waals surface area contributed by atoms with E-state index in [0.29, 0.717) is 30.0 Å². The maximum Gasteiger partial charge on any atom is 0.310 e. The van der Waals surface area contributed by atoms with Gasteiger partial charge in [0, 0.05) is 6.07 Å². The molecular formula is C16H19NO6. The lowest BCUT2D eigenvalue weighted by Crippen LogP contribution is -2.41. The number of rotatable bonds is 5. The number of fused-ring (bicyclic) bond motifs is 2. The highest BCUT2D eigenvalue weighted by Gasteiger charge is 2.55. The molecule has 23 heavy (non-hydrogen) atoms. The molecule has 0 aliphatic carbocycles. The zero-order valence-electron chi connectivity index (χ0n) is 12.9. The van der Waals surface area contributed by atoms with Crippen LogP contribution in [0.25, 0.3) is 0 Å². The van der Waals surface area contributed by atoms with Gasteiger partial charge in [-0.25, -0.2) is 0 Å². The molecular weight excluding hydrogens is 302 g/mol. The van der Waals surface area contributed by atoms with Crippen molar-refractivity contribution >= 4 is 17.6 Å². The number of benzene rings is 1. The van der Waals surface area contributed by atoms with Crippen LogP contribution in [0.2, 0.25) is 0 Å². The Labute approximate surface area is 133 Å². The zero-order valence-corrected chi connectivity index (χ0v) is 12.9. The average Bonchev–Trinajstić information content (AvgIpc) is 3.15. The molecule has 0 spiro atoms. The number of amides is 1. The van der Waals surface area contributed by atoms with E-state index in [-0.39, 0.29) is 18.1 Å². The number of carbonyl (C=O) groups excluding carboxylic acids is 1. The number of anilines is 1. The monoisotopic (exact) mass is 321 g/mol. The number of carbonyl (C=O) groups is 2. The molecule has 0 aromatic heterocycles. The van der Waals surface area contributed by atoms with Gasteiger partial charge in [-0.1, -0.05) is 0 Å². The van der Waals surface area contributed by atoms with Crippen molar-refractivity contribution in [2.75, 3.05) is 19.5 Å². The van der Waals surface area contributed by atoms with Crippen LogP contribution < -0.4 is 14.8 Å². The van der Waals surface area contributed by atoms with Gasteiger partial charge < -0.3 is 24.6 Å². The SMILES string of the molecule is COc1ccc(OC)c(NC(=O)[C@H]2[C@@H](C(=O)O)[C@@H]3CC[C@@H]2O3)c1. The lowest BCUT2D eigenvalue weighted by Gasteiger charge is -2.24. The van der Waals surface area contributed by atoms with Crippen molar-refractivity contribution in [3.63, 3.8) is 0 Å². The fourth-order valence-electron chi connectivity index (χ4n) is 3.45. The minimum atomic E-state index is -0.991.